The Labute approximate surface area is 102 Å². The van der Waals surface area contributed by atoms with Crippen LogP contribution in [-0.2, 0) is 0 Å². The molecule has 90 valence electrons. The molecule has 1 rings (SSSR count). The summed E-state index contributed by atoms with van der Waals surface area (Å²) in [5.74, 6) is 2.01. The molecule has 1 fully saturated rings. The van der Waals surface area contributed by atoms with E-state index >= 15 is 0 Å². The van der Waals surface area contributed by atoms with Gasteiger partial charge in [0.15, 0.2) is 0 Å². The quantitative estimate of drug-likeness (QED) is 0.577. The fourth-order valence-electron chi connectivity index (χ4n) is 2.97. The zero-order valence-corrected chi connectivity index (χ0v) is 11.4. The van der Waals surface area contributed by atoms with E-state index < -0.39 is 0 Å². The first-order valence-electron chi connectivity index (χ1n) is 6.94. The third kappa shape index (κ3) is 5.29. The average molecular weight is 228 g/mol. The van der Waals surface area contributed by atoms with E-state index in [1.807, 2.05) is 0 Å². The van der Waals surface area contributed by atoms with Crippen molar-refractivity contribution in [2.24, 2.45) is 11.8 Å². The highest BCUT2D eigenvalue weighted by molar-refractivity contribution is 7.80. The van der Waals surface area contributed by atoms with Crippen molar-refractivity contribution in [2.45, 2.75) is 76.9 Å². The van der Waals surface area contributed by atoms with Crippen LogP contribution in [0, 0.1) is 11.8 Å². The van der Waals surface area contributed by atoms with Crippen LogP contribution >= 0.6 is 12.6 Å². The maximum Gasteiger partial charge on any atom is 0.00195 e. The molecule has 0 aromatic carbocycles. The second-order valence-electron chi connectivity index (χ2n) is 5.33. The van der Waals surface area contributed by atoms with Gasteiger partial charge in [-0.15, -0.1) is 0 Å². The van der Waals surface area contributed by atoms with Crippen molar-refractivity contribution in [3.05, 3.63) is 0 Å². The summed E-state index contributed by atoms with van der Waals surface area (Å²) in [5, 5.41) is 0.715. The maximum atomic E-state index is 4.57. The number of rotatable bonds is 7. The fraction of sp³-hybridized carbons (Fsp3) is 1.00. The predicted octanol–water partition coefficient (Wildman–Crippen LogP) is 5.08. The van der Waals surface area contributed by atoms with Crippen LogP contribution < -0.4 is 0 Å². The summed E-state index contributed by atoms with van der Waals surface area (Å²) in [6, 6.07) is 0. The van der Waals surface area contributed by atoms with Crippen molar-refractivity contribution in [1.29, 1.82) is 0 Å². The van der Waals surface area contributed by atoms with Crippen molar-refractivity contribution < 1.29 is 0 Å². The lowest BCUT2D eigenvalue weighted by Crippen LogP contribution is -2.01. The van der Waals surface area contributed by atoms with Crippen LogP contribution in [0.2, 0.25) is 0 Å². The highest BCUT2D eigenvalue weighted by Gasteiger charge is 2.21. The largest absolute Gasteiger partial charge is 0.176 e. The molecule has 1 heteroatoms. The Hall–Kier alpha value is 0.350. The Bertz CT molecular complexity index is 151. The molecule has 0 N–H and O–H groups in total. The lowest BCUT2D eigenvalue weighted by Gasteiger charge is -2.15. The van der Waals surface area contributed by atoms with Gasteiger partial charge in [-0.1, -0.05) is 52.4 Å². The van der Waals surface area contributed by atoms with E-state index in [4.69, 9.17) is 0 Å². The van der Waals surface area contributed by atoms with Crippen molar-refractivity contribution >= 4 is 12.6 Å². The van der Waals surface area contributed by atoms with Gasteiger partial charge in [0.25, 0.3) is 0 Å². The highest BCUT2D eigenvalue weighted by Crippen LogP contribution is 2.33. The van der Waals surface area contributed by atoms with Crippen LogP contribution in [0.25, 0.3) is 0 Å². The molecular weight excluding hydrogens is 200 g/mol. The molecule has 0 aliphatic heterocycles. The molecule has 0 nitrogen and oxygen atoms in total. The molecule has 0 saturated heterocycles. The van der Waals surface area contributed by atoms with Crippen molar-refractivity contribution in [3.8, 4) is 0 Å². The molecule has 0 aromatic rings. The normalized spacial score (nSPS) is 28.2. The second kappa shape index (κ2) is 7.60. The summed E-state index contributed by atoms with van der Waals surface area (Å²) < 4.78 is 0. The van der Waals surface area contributed by atoms with E-state index in [9.17, 15) is 0 Å². The minimum Gasteiger partial charge on any atom is -0.176 e. The van der Waals surface area contributed by atoms with Crippen LogP contribution in [0.4, 0.5) is 0 Å². The van der Waals surface area contributed by atoms with E-state index in [0.717, 1.165) is 11.8 Å². The molecule has 0 heterocycles. The van der Waals surface area contributed by atoms with Crippen molar-refractivity contribution in [2.75, 3.05) is 0 Å². The minimum atomic E-state index is 0.715. The summed E-state index contributed by atoms with van der Waals surface area (Å²) in [6.07, 6.45) is 12.8. The predicted molar refractivity (Wildman–Crippen MR) is 72.7 cm³/mol. The monoisotopic (exact) mass is 228 g/mol. The van der Waals surface area contributed by atoms with Gasteiger partial charge in [-0.25, -0.2) is 0 Å². The van der Waals surface area contributed by atoms with Gasteiger partial charge in [0, 0.05) is 5.25 Å². The van der Waals surface area contributed by atoms with Gasteiger partial charge < -0.3 is 0 Å². The van der Waals surface area contributed by atoms with Crippen LogP contribution in [0.1, 0.15) is 71.6 Å². The summed E-state index contributed by atoms with van der Waals surface area (Å²) in [6.45, 7) is 4.66. The SMILES string of the molecule is CCCC(CC)CCC[C@H]1CC[C@@H](S)C1. The van der Waals surface area contributed by atoms with Gasteiger partial charge in [-0.3, -0.25) is 0 Å². The van der Waals surface area contributed by atoms with Crippen LogP contribution in [0.15, 0.2) is 0 Å². The lowest BCUT2D eigenvalue weighted by atomic mass is 9.91. The molecule has 1 aliphatic carbocycles. The molecule has 1 aliphatic rings. The zero-order valence-electron chi connectivity index (χ0n) is 10.5. The van der Waals surface area contributed by atoms with Gasteiger partial charge in [0.05, 0.1) is 0 Å². The number of thiol groups is 1. The molecule has 0 aromatic heterocycles. The standard InChI is InChI=1S/C14H28S/c1-3-6-12(4-2)7-5-8-13-9-10-14(15)11-13/h12-15H,3-11H2,1-2H3/t12?,13-,14+/m0/s1. The molecule has 15 heavy (non-hydrogen) atoms. The van der Waals surface area contributed by atoms with Crippen LogP contribution in [0.3, 0.4) is 0 Å². The van der Waals surface area contributed by atoms with E-state index in [2.05, 4.69) is 26.5 Å². The van der Waals surface area contributed by atoms with E-state index in [1.165, 1.54) is 57.8 Å². The van der Waals surface area contributed by atoms with Crippen LogP contribution in [0.5, 0.6) is 0 Å². The molecule has 0 bridgehead atoms. The Kier molecular flexibility index (Phi) is 6.79. The Morgan fingerprint density at radius 3 is 2.53 bits per heavy atom. The summed E-state index contributed by atoms with van der Waals surface area (Å²) in [4.78, 5) is 0. The van der Waals surface area contributed by atoms with Gasteiger partial charge in [-0.2, -0.15) is 12.6 Å². The Morgan fingerprint density at radius 2 is 2.00 bits per heavy atom. The molecule has 1 saturated carbocycles. The summed E-state index contributed by atoms with van der Waals surface area (Å²) in [5.41, 5.74) is 0. The molecule has 1 unspecified atom stereocenters. The smallest absolute Gasteiger partial charge is 0.00195 e. The first-order valence-corrected chi connectivity index (χ1v) is 7.45. The Balaban J connectivity index is 2.04. The number of hydrogen-bond donors (Lipinski definition) is 1. The third-order valence-electron chi connectivity index (χ3n) is 4.01. The van der Waals surface area contributed by atoms with Crippen LogP contribution in [-0.4, -0.2) is 5.25 Å². The molecule has 0 spiro atoms. The molecule has 0 amide bonds. The first-order chi connectivity index (χ1) is 7.26. The lowest BCUT2D eigenvalue weighted by molar-refractivity contribution is 0.383. The topological polar surface area (TPSA) is 0 Å². The van der Waals surface area contributed by atoms with Crippen molar-refractivity contribution in [3.63, 3.8) is 0 Å². The Morgan fingerprint density at radius 1 is 1.20 bits per heavy atom. The van der Waals surface area contributed by atoms with Gasteiger partial charge in [0.1, 0.15) is 0 Å². The molecule has 0 radical (unpaired) electrons. The number of hydrogen-bond acceptors (Lipinski definition) is 1. The van der Waals surface area contributed by atoms with E-state index in [1.54, 1.807) is 0 Å². The average Bonchev–Trinajstić information content (AvgIpc) is 2.63. The van der Waals surface area contributed by atoms with Gasteiger partial charge >= 0.3 is 0 Å². The second-order valence-corrected chi connectivity index (χ2v) is 6.06. The fourth-order valence-corrected chi connectivity index (χ4v) is 3.41. The zero-order chi connectivity index (χ0) is 11.1. The minimum absolute atomic E-state index is 0.715. The molecule has 3 atom stereocenters. The highest BCUT2D eigenvalue weighted by atomic mass is 32.1. The van der Waals surface area contributed by atoms with E-state index in [0.29, 0.717) is 5.25 Å². The van der Waals surface area contributed by atoms with E-state index in [-0.39, 0.29) is 0 Å². The first kappa shape index (κ1) is 13.4. The third-order valence-corrected chi connectivity index (χ3v) is 4.48. The van der Waals surface area contributed by atoms with Crippen molar-refractivity contribution in [1.82, 2.24) is 0 Å². The summed E-state index contributed by atoms with van der Waals surface area (Å²) >= 11 is 4.57. The van der Waals surface area contributed by atoms with Gasteiger partial charge in [-0.05, 0) is 31.1 Å². The van der Waals surface area contributed by atoms with Gasteiger partial charge in [0.2, 0.25) is 0 Å². The summed E-state index contributed by atoms with van der Waals surface area (Å²) in [7, 11) is 0. The molecular formula is C14H28S. The maximum absolute atomic E-state index is 4.57.